The fourth-order valence-electron chi connectivity index (χ4n) is 4.14. The highest BCUT2D eigenvalue weighted by Gasteiger charge is 2.38. The van der Waals surface area contributed by atoms with Crippen LogP contribution in [0, 0.1) is 0 Å². The van der Waals surface area contributed by atoms with Crippen molar-refractivity contribution in [2.75, 3.05) is 37.7 Å². The Balaban J connectivity index is 1.86. The number of aliphatic hydroxyl groups excluding tert-OH is 1. The monoisotopic (exact) mass is 504 g/mol. The zero-order chi connectivity index (χ0) is 23.9. The van der Waals surface area contributed by atoms with Gasteiger partial charge in [0.2, 0.25) is 25.9 Å². The van der Waals surface area contributed by atoms with Crippen molar-refractivity contribution in [1.82, 2.24) is 30.7 Å². The van der Waals surface area contributed by atoms with E-state index in [9.17, 15) is 26.3 Å². The maximum atomic E-state index is 14.5. The van der Waals surface area contributed by atoms with Gasteiger partial charge in [0.25, 0.3) is 0 Å². The topological polar surface area (TPSA) is 196 Å². The molecule has 2 aromatic rings. The summed E-state index contributed by atoms with van der Waals surface area (Å²) in [5, 5.41) is 31.2. The van der Waals surface area contributed by atoms with Crippen LogP contribution in [0.4, 0.5) is 10.1 Å². The van der Waals surface area contributed by atoms with Crippen LogP contribution in [0.5, 0.6) is 0 Å². The van der Waals surface area contributed by atoms with E-state index in [0.717, 1.165) is 6.07 Å². The van der Waals surface area contributed by atoms with Crippen LogP contribution in [0.25, 0.3) is 11.4 Å². The molecule has 2 aliphatic rings. The first kappa shape index (κ1) is 23.9. The number of nitrogens with one attached hydrogen (secondary N) is 3. The molecule has 0 spiro atoms. The molecule has 1 aromatic heterocycles. The van der Waals surface area contributed by atoms with Crippen LogP contribution < -0.4 is 20.1 Å². The van der Waals surface area contributed by atoms with Gasteiger partial charge in [-0.1, -0.05) is 0 Å². The quantitative estimate of drug-likeness (QED) is 0.294. The number of H-pyrrole nitrogens is 1. The van der Waals surface area contributed by atoms with Crippen LogP contribution in [0.15, 0.2) is 21.9 Å². The predicted octanol–water partition coefficient (Wildman–Crippen LogP) is -1.54. The largest absolute Gasteiger partial charge is 0.393 e. The molecular weight excluding hydrogens is 479 g/mol. The summed E-state index contributed by atoms with van der Waals surface area (Å²) in [7, 11) is -8.88. The Morgan fingerprint density at radius 3 is 2.55 bits per heavy atom. The van der Waals surface area contributed by atoms with Gasteiger partial charge in [-0.3, -0.25) is 0 Å². The van der Waals surface area contributed by atoms with Gasteiger partial charge in [0, 0.05) is 44.2 Å². The summed E-state index contributed by atoms with van der Waals surface area (Å²) >= 11 is 0. The maximum absolute atomic E-state index is 14.5. The summed E-state index contributed by atoms with van der Waals surface area (Å²) < 4.78 is 68.8. The van der Waals surface area contributed by atoms with Crippen molar-refractivity contribution in [1.29, 1.82) is 0 Å². The number of piperidine rings is 1. The molecule has 33 heavy (non-hydrogen) atoms. The third-order valence-corrected chi connectivity index (χ3v) is 8.59. The van der Waals surface area contributed by atoms with Crippen molar-refractivity contribution >= 4 is 25.7 Å². The Labute approximate surface area is 190 Å². The average molecular weight is 505 g/mol. The van der Waals surface area contributed by atoms with Gasteiger partial charge in [-0.15, -0.1) is 10.2 Å². The highest BCUT2D eigenvalue weighted by Crippen LogP contribution is 2.40. The maximum Gasteiger partial charge on any atom is 0.242 e. The minimum absolute atomic E-state index is 0.00379. The van der Waals surface area contributed by atoms with E-state index >= 15 is 0 Å². The molecule has 182 valence electrons. The van der Waals surface area contributed by atoms with E-state index in [1.165, 1.54) is 6.07 Å². The Kier molecular flexibility index (Phi) is 6.41. The molecule has 3 heterocycles. The second kappa shape index (κ2) is 8.84. The van der Waals surface area contributed by atoms with Crippen LogP contribution in [0.3, 0.4) is 0 Å². The van der Waals surface area contributed by atoms with E-state index < -0.39 is 48.2 Å². The standard InChI is InChI=1S/C17H25FN8O5S2/c18-17(10-27)4-7-26(8-5-17)12-1-2-13(33(30,31)23-11-3-6-20-9-11)15(32(19,28)29)14(12)16-21-24-25-22-16/h1-2,11,20,23,27H,3-10H2,(H2,19,28,29)(H,21,22,24,25)/t11-/m1/s1. The summed E-state index contributed by atoms with van der Waals surface area (Å²) in [6.45, 7) is 0.693. The number of aromatic nitrogens is 4. The zero-order valence-electron chi connectivity index (χ0n) is 17.5. The van der Waals surface area contributed by atoms with Gasteiger partial charge >= 0.3 is 0 Å². The minimum Gasteiger partial charge on any atom is -0.393 e. The summed E-state index contributed by atoms with van der Waals surface area (Å²) in [5.74, 6) is -0.173. The van der Waals surface area contributed by atoms with Gasteiger partial charge in [-0.05, 0) is 30.3 Å². The SMILES string of the molecule is NS(=O)(=O)c1c(S(=O)(=O)N[C@@H]2CCNC2)ccc(N2CCC(F)(CO)CC2)c1-c1nn[nH]n1. The fourth-order valence-corrected chi connectivity index (χ4v) is 7.01. The first-order chi connectivity index (χ1) is 15.5. The van der Waals surface area contributed by atoms with Crippen molar-refractivity contribution < 1.29 is 26.3 Å². The Morgan fingerprint density at radius 1 is 1.27 bits per heavy atom. The lowest BCUT2D eigenvalue weighted by molar-refractivity contribution is 0.0481. The molecule has 6 N–H and O–H groups in total. The number of primary sulfonamides is 1. The lowest BCUT2D eigenvalue weighted by atomic mass is 9.93. The van der Waals surface area contributed by atoms with Crippen LogP contribution in [-0.4, -0.2) is 87.1 Å². The van der Waals surface area contributed by atoms with Crippen molar-refractivity contribution in [3.05, 3.63) is 12.1 Å². The number of rotatable bonds is 7. The number of hydrogen-bond donors (Lipinski definition) is 5. The van der Waals surface area contributed by atoms with Crippen LogP contribution in [-0.2, 0) is 20.0 Å². The molecule has 0 unspecified atom stereocenters. The number of aliphatic hydroxyl groups is 1. The van der Waals surface area contributed by atoms with Gasteiger partial charge in [0.15, 0.2) is 0 Å². The van der Waals surface area contributed by atoms with Crippen LogP contribution in [0.1, 0.15) is 19.3 Å². The van der Waals surface area contributed by atoms with Gasteiger partial charge in [0.1, 0.15) is 15.5 Å². The number of hydrogen-bond acceptors (Lipinski definition) is 10. The Morgan fingerprint density at radius 2 is 2.00 bits per heavy atom. The summed E-state index contributed by atoms with van der Waals surface area (Å²) in [4.78, 5) is 0.477. The molecule has 1 aromatic carbocycles. The first-order valence-corrected chi connectivity index (χ1v) is 13.3. The Hall–Kier alpha value is -2.24. The molecule has 0 aliphatic carbocycles. The molecule has 2 aliphatic heterocycles. The number of tetrazole rings is 1. The van der Waals surface area contributed by atoms with Gasteiger partial charge in [-0.2, -0.15) is 5.21 Å². The van der Waals surface area contributed by atoms with Crippen molar-refractivity contribution in [2.45, 2.75) is 40.8 Å². The summed E-state index contributed by atoms with van der Waals surface area (Å²) in [6.07, 6.45) is 0.537. The molecule has 1 atom stereocenters. The predicted molar refractivity (Wildman–Crippen MR) is 115 cm³/mol. The van der Waals surface area contributed by atoms with E-state index in [0.29, 0.717) is 19.5 Å². The Bertz CT molecular complexity index is 1210. The third-order valence-electron chi connectivity index (χ3n) is 5.91. The number of alkyl halides is 1. The summed E-state index contributed by atoms with van der Waals surface area (Å²) in [5.41, 5.74) is -1.62. The molecule has 0 radical (unpaired) electrons. The van der Waals surface area contributed by atoms with Gasteiger partial charge in [-0.25, -0.2) is 31.1 Å². The first-order valence-electron chi connectivity index (χ1n) is 10.3. The van der Waals surface area contributed by atoms with Crippen LogP contribution in [0.2, 0.25) is 0 Å². The van der Waals surface area contributed by atoms with E-state index in [2.05, 4.69) is 30.7 Å². The normalized spacial score (nSPS) is 21.4. The van der Waals surface area contributed by atoms with Crippen molar-refractivity contribution in [3.8, 4) is 11.4 Å². The fraction of sp³-hybridized carbons (Fsp3) is 0.588. The highest BCUT2D eigenvalue weighted by atomic mass is 32.2. The number of nitrogens with two attached hydrogens (primary N) is 1. The number of benzene rings is 1. The van der Waals surface area contributed by atoms with Gasteiger partial charge in [0.05, 0.1) is 12.2 Å². The molecule has 16 heteroatoms. The van der Waals surface area contributed by atoms with Crippen LogP contribution >= 0.6 is 0 Å². The third kappa shape index (κ3) is 4.85. The molecular formula is C17H25FN8O5S2. The van der Waals surface area contributed by atoms with Gasteiger partial charge < -0.3 is 15.3 Å². The second-order valence-corrected chi connectivity index (χ2v) is 11.4. The average Bonchev–Trinajstić information content (AvgIpc) is 3.47. The molecule has 0 saturated carbocycles. The second-order valence-electron chi connectivity index (χ2n) is 8.17. The molecule has 0 bridgehead atoms. The molecule has 4 rings (SSSR count). The molecule has 0 amide bonds. The van der Waals surface area contributed by atoms with E-state index in [4.69, 9.17) is 5.14 Å². The van der Waals surface area contributed by atoms with Crippen molar-refractivity contribution in [3.63, 3.8) is 0 Å². The highest BCUT2D eigenvalue weighted by molar-refractivity contribution is 7.92. The van der Waals surface area contributed by atoms with E-state index in [1.807, 2.05) is 0 Å². The smallest absolute Gasteiger partial charge is 0.242 e. The minimum atomic E-state index is -4.59. The summed E-state index contributed by atoms with van der Waals surface area (Å²) in [6, 6.07) is 2.17. The number of sulfonamides is 2. The van der Waals surface area contributed by atoms with E-state index in [-0.39, 0.29) is 43.0 Å². The lowest BCUT2D eigenvalue weighted by Gasteiger charge is -2.37. The lowest BCUT2D eigenvalue weighted by Crippen LogP contribution is -2.44. The molecule has 2 saturated heterocycles. The number of nitrogens with zero attached hydrogens (tertiary/aromatic N) is 4. The number of anilines is 1. The number of aromatic amines is 1. The number of halogens is 1. The zero-order valence-corrected chi connectivity index (χ0v) is 19.2. The molecule has 13 nitrogen and oxygen atoms in total. The molecule has 2 fully saturated rings. The van der Waals surface area contributed by atoms with E-state index in [1.54, 1.807) is 4.90 Å². The van der Waals surface area contributed by atoms with Crippen molar-refractivity contribution in [2.24, 2.45) is 5.14 Å².